The van der Waals surface area contributed by atoms with Crippen LogP contribution in [0.5, 0.6) is 0 Å². The monoisotopic (exact) mass is 230 g/mol. The largest absolute Gasteiger partial charge is 0.344 e. The predicted molar refractivity (Wildman–Crippen MR) is 63.5 cm³/mol. The SMILES string of the molecule is Cc1ccnc(N2CCN(C)C(=O)C2)c1C#N. The van der Waals surface area contributed by atoms with Crippen molar-refractivity contribution in [2.75, 3.05) is 31.6 Å². The summed E-state index contributed by atoms with van der Waals surface area (Å²) in [6.45, 7) is 3.55. The molecule has 5 heteroatoms. The lowest BCUT2D eigenvalue weighted by atomic mass is 10.1. The highest BCUT2D eigenvalue weighted by atomic mass is 16.2. The quantitative estimate of drug-likeness (QED) is 0.706. The summed E-state index contributed by atoms with van der Waals surface area (Å²) in [5.74, 6) is 0.678. The van der Waals surface area contributed by atoms with Gasteiger partial charge in [-0.15, -0.1) is 0 Å². The number of likely N-dealkylation sites (N-methyl/N-ethyl adjacent to an activating group) is 1. The van der Waals surface area contributed by atoms with Crippen molar-refractivity contribution in [3.63, 3.8) is 0 Å². The van der Waals surface area contributed by atoms with E-state index in [4.69, 9.17) is 5.26 Å². The van der Waals surface area contributed by atoms with Gasteiger partial charge in [0, 0.05) is 26.3 Å². The standard InChI is InChI=1S/C12H14N4O/c1-9-3-4-14-12(10(9)7-13)16-6-5-15(2)11(17)8-16/h3-4H,5-6,8H2,1-2H3. The summed E-state index contributed by atoms with van der Waals surface area (Å²) in [5, 5.41) is 9.14. The summed E-state index contributed by atoms with van der Waals surface area (Å²) >= 11 is 0. The molecule has 88 valence electrons. The summed E-state index contributed by atoms with van der Waals surface area (Å²) in [5.41, 5.74) is 1.45. The van der Waals surface area contributed by atoms with Gasteiger partial charge in [0.05, 0.1) is 12.1 Å². The van der Waals surface area contributed by atoms with E-state index < -0.39 is 0 Å². The summed E-state index contributed by atoms with van der Waals surface area (Å²) in [4.78, 5) is 19.4. The third-order valence-corrected chi connectivity index (χ3v) is 3.01. The van der Waals surface area contributed by atoms with Gasteiger partial charge in [-0.3, -0.25) is 4.79 Å². The maximum Gasteiger partial charge on any atom is 0.241 e. The van der Waals surface area contributed by atoms with Gasteiger partial charge in [-0.2, -0.15) is 5.26 Å². The topological polar surface area (TPSA) is 60.2 Å². The minimum atomic E-state index is 0.0587. The van der Waals surface area contributed by atoms with Crippen LogP contribution in [0.4, 0.5) is 5.82 Å². The van der Waals surface area contributed by atoms with Crippen molar-refractivity contribution in [1.29, 1.82) is 5.26 Å². The number of aryl methyl sites for hydroxylation is 1. The highest BCUT2D eigenvalue weighted by Gasteiger charge is 2.24. The maximum atomic E-state index is 11.6. The zero-order valence-corrected chi connectivity index (χ0v) is 9.97. The molecule has 1 saturated heterocycles. The normalized spacial score (nSPS) is 15.9. The Hall–Kier alpha value is -2.09. The van der Waals surface area contributed by atoms with Crippen LogP contribution < -0.4 is 4.90 Å². The van der Waals surface area contributed by atoms with Gasteiger partial charge < -0.3 is 9.80 Å². The zero-order valence-electron chi connectivity index (χ0n) is 9.97. The van der Waals surface area contributed by atoms with Crippen molar-refractivity contribution in [3.05, 3.63) is 23.4 Å². The van der Waals surface area contributed by atoms with Crippen molar-refractivity contribution in [2.45, 2.75) is 6.92 Å². The fourth-order valence-corrected chi connectivity index (χ4v) is 1.86. The molecule has 0 bridgehead atoms. The molecule has 1 aliphatic rings. The Labute approximate surface area is 100 Å². The second-order valence-electron chi connectivity index (χ2n) is 4.18. The Kier molecular flexibility index (Phi) is 2.96. The van der Waals surface area contributed by atoms with Gasteiger partial charge >= 0.3 is 0 Å². The molecule has 1 aliphatic heterocycles. The van der Waals surface area contributed by atoms with Gasteiger partial charge in [-0.25, -0.2) is 4.98 Å². The van der Waals surface area contributed by atoms with E-state index >= 15 is 0 Å². The third kappa shape index (κ3) is 2.07. The first-order chi connectivity index (χ1) is 8.13. The number of anilines is 1. The molecule has 5 nitrogen and oxygen atoms in total. The molecule has 1 aromatic heterocycles. The number of nitrogens with zero attached hydrogens (tertiary/aromatic N) is 4. The number of hydrogen-bond acceptors (Lipinski definition) is 4. The molecular weight excluding hydrogens is 216 g/mol. The molecule has 0 spiro atoms. The van der Waals surface area contributed by atoms with Gasteiger partial charge in [-0.1, -0.05) is 0 Å². The Bertz CT molecular complexity index is 492. The minimum Gasteiger partial charge on any atom is -0.344 e. The molecule has 1 amide bonds. The summed E-state index contributed by atoms with van der Waals surface area (Å²) < 4.78 is 0. The Balaban J connectivity index is 2.33. The minimum absolute atomic E-state index is 0.0587. The Morgan fingerprint density at radius 3 is 2.88 bits per heavy atom. The Morgan fingerprint density at radius 1 is 1.47 bits per heavy atom. The Morgan fingerprint density at radius 2 is 2.24 bits per heavy atom. The lowest BCUT2D eigenvalue weighted by Crippen LogP contribution is -2.49. The van der Waals surface area contributed by atoms with Crippen LogP contribution in [0.3, 0.4) is 0 Å². The van der Waals surface area contributed by atoms with Crippen LogP contribution in [0.2, 0.25) is 0 Å². The third-order valence-electron chi connectivity index (χ3n) is 3.01. The molecular formula is C12H14N4O. The number of amides is 1. The van der Waals surface area contributed by atoms with Crippen LogP contribution in [0.15, 0.2) is 12.3 Å². The van der Waals surface area contributed by atoms with Crippen LogP contribution in [-0.2, 0) is 4.79 Å². The summed E-state index contributed by atoms with van der Waals surface area (Å²) in [6.07, 6.45) is 1.67. The zero-order chi connectivity index (χ0) is 12.4. The smallest absolute Gasteiger partial charge is 0.241 e. The van der Waals surface area contributed by atoms with E-state index in [-0.39, 0.29) is 5.91 Å². The molecule has 0 N–H and O–H groups in total. The van der Waals surface area contributed by atoms with E-state index in [9.17, 15) is 4.79 Å². The highest BCUT2D eigenvalue weighted by molar-refractivity contribution is 5.82. The van der Waals surface area contributed by atoms with Gasteiger partial charge in [0.15, 0.2) is 0 Å². The van der Waals surface area contributed by atoms with Gasteiger partial charge in [0.25, 0.3) is 0 Å². The average molecular weight is 230 g/mol. The van der Waals surface area contributed by atoms with Crippen LogP contribution in [0.25, 0.3) is 0 Å². The summed E-state index contributed by atoms with van der Waals surface area (Å²) in [6, 6.07) is 3.96. The van der Waals surface area contributed by atoms with Crippen LogP contribution in [0, 0.1) is 18.3 Å². The number of carbonyl (C=O) groups is 1. The number of aromatic nitrogens is 1. The van der Waals surface area contributed by atoms with Gasteiger partial charge in [0.2, 0.25) is 5.91 Å². The molecule has 1 aromatic rings. The molecule has 2 rings (SSSR count). The average Bonchev–Trinajstić information content (AvgIpc) is 2.32. The molecule has 0 aliphatic carbocycles. The number of hydrogen-bond donors (Lipinski definition) is 0. The first-order valence-electron chi connectivity index (χ1n) is 5.48. The van der Waals surface area contributed by atoms with Gasteiger partial charge in [-0.05, 0) is 18.6 Å². The fraction of sp³-hybridized carbons (Fsp3) is 0.417. The van der Waals surface area contributed by atoms with E-state index in [1.807, 2.05) is 11.8 Å². The predicted octanol–water partition coefficient (Wildman–Crippen LogP) is 0.540. The molecule has 0 atom stereocenters. The fourth-order valence-electron chi connectivity index (χ4n) is 1.86. The number of nitriles is 1. The van der Waals surface area contributed by atoms with Crippen molar-refractivity contribution in [1.82, 2.24) is 9.88 Å². The van der Waals surface area contributed by atoms with Gasteiger partial charge in [0.1, 0.15) is 11.9 Å². The number of piperazine rings is 1. The maximum absolute atomic E-state index is 11.6. The van der Waals surface area contributed by atoms with E-state index in [0.717, 1.165) is 5.56 Å². The number of rotatable bonds is 1. The second kappa shape index (κ2) is 4.42. The molecule has 0 radical (unpaired) electrons. The first-order valence-corrected chi connectivity index (χ1v) is 5.48. The van der Waals surface area contributed by atoms with E-state index in [1.54, 1.807) is 24.2 Å². The van der Waals surface area contributed by atoms with Crippen LogP contribution in [-0.4, -0.2) is 42.5 Å². The molecule has 0 unspecified atom stereocenters. The molecule has 2 heterocycles. The van der Waals surface area contributed by atoms with Crippen molar-refractivity contribution < 1.29 is 4.79 Å². The highest BCUT2D eigenvalue weighted by Crippen LogP contribution is 2.21. The molecule has 0 aromatic carbocycles. The lowest BCUT2D eigenvalue weighted by Gasteiger charge is -2.33. The van der Waals surface area contributed by atoms with E-state index in [1.165, 1.54) is 0 Å². The van der Waals surface area contributed by atoms with Crippen molar-refractivity contribution >= 4 is 11.7 Å². The second-order valence-corrected chi connectivity index (χ2v) is 4.18. The molecule has 0 saturated carbocycles. The van der Waals surface area contributed by atoms with E-state index in [0.29, 0.717) is 31.0 Å². The van der Waals surface area contributed by atoms with Crippen molar-refractivity contribution in [2.24, 2.45) is 0 Å². The first kappa shape index (κ1) is 11.4. The van der Waals surface area contributed by atoms with Crippen LogP contribution in [0.1, 0.15) is 11.1 Å². The van der Waals surface area contributed by atoms with E-state index in [2.05, 4.69) is 11.1 Å². The molecule has 17 heavy (non-hydrogen) atoms. The number of pyridine rings is 1. The number of carbonyl (C=O) groups excluding carboxylic acids is 1. The summed E-state index contributed by atoms with van der Waals surface area (Å²) in [7, 11) is 1.79. The van der Waals surface area contributed by atoms with Crippen LogP contribution >= 0.6 is 0 Å². The van der Waals surface area contributed by atoms with Crippen molar-refractivity contribution in [3.8, 4) is 6.07 Å². The lowest BCUT2D eigenvalue weighted by molar-refractivity contribution is -0.129. The molecule has 1 fully saturated rings.